The lowest BCUT2D eigenvalue weighted by atomic mass is 10.1. The highest BCUT2D eigenvalue weighted by atomic mass is 32.2. The molecule has 0 spiro atoms. The Balaban J connectivity index is 1.58. The van der Waals surface area contributed by atoms with Crippen LogP contribution in [-0.2, 0) is 4.79 Å². The first-order valence-corrected chi connectivity index (χ1v) is 9.68. The van der Waals surface area contributed by atoms with Gasteiger partial charge in [-0.05, 0) is 31.4 Å². The second-order valence-corrected chi connectivity index (χ2v) is 7.70. The van der Waals surface area contributed by atoms with Crippen LogP contribution in [0.2, 0.25) is 0 Å². The van der Waals surface area contributed by atoms with Gasteiger partial charge in [0.1, 0.15) is 10.9 Å². The molecule has 0 aliphatic heterocycles. The van der Waals surface area contributed by atoms with Crippen molar-refractivity contribution in [2.24, 2.45) is 0 Å². The lowest BCUT2D eigenvalue weighted by molar-refractivity contribution is -0.115. The van der Waals surface area contributed by atoms with Gasteiger partial charge in [0.15, 0.2) is 0 Å². The van der Waals surface area contributed by atoms with Gasteiger partial charge in [-0.2, -0.15) is 0 Å². The maximum Gasteiger partial charge on any atom is 0.237 e. The van der Waals surface area contributed by atoms with Crippen molar-refractivity contribution in [1.29, 1.82) is 0 Å². The van der Waals surface area contributed by atoms with Crippen LogP contribution in [0.15, 0.2) is 71.8 Å². The lowest BCUT2D eigenvalue weighted by Crippen LogP contribution is -2.22. The molecule has 5 heteroatoms. The average molecular weight is 373 g/mol. The molecule has 3 aromatic carbocycles. The monoisotopic (exact) mass is 373 g/mol. The molecule has 0 aliphatic rings. The number of hydrogen-bond donors (Lipinski definition) is 1. The molecule has 1 heterocycles. The van der Waals surface area contributed by atoms with Crippen molar-refractivity contribution in [1.82, 2.24) is 9.97 Å². The van der Waals surface area contributed by atoms with Crippen molar-refractivity contribution in [3.8, 4) is 0 Å². The molecule has 0 unspecified atom stereocenters. The molecular formula is C22H19N3OS. The van der Waals surface area contributed by atoms with Crippen molar-refractivity contribution >= 4 is 45.0 Å². The number of rotatable bonds is 4. The second-order valence-electron chi connectivity index (χ2n) is 6.37. The van der Waals surface area contributed by atoms with Crippen LogP contribution in [-0.4, -0.2) is 21.1 Å². The van der Waals surface area contributed by atoms with E-state index in [1.165, 1.54) is 11.8 Å². The van der Waals surface area contributed by atoms with Gasteiger partial charge in [-0.3, -0.25) is 4.79 Å². The molecule has 4 nitrogen and oxygen atoms in total. The van der Waals surface area contributed by atoms with E-state index in [4.69, 9.17) is 0 Å². The molecule has 0 radical (unpaired) electrons. The number of anilines is 1. The number of aryl methyl sites for hydroxylation is 1. The highest BCUT2D eigenvalue weighted by molar-refractivity contribution is 8.00. The average Bonchev–Trinajstić information content (AvgIpc) is 2.68. The molecule has 134 valence electrons. The first-order chi connectivity index (χ1) is 13.1. The molecule has 1 atom stereocenters. The number of hydrogen-bond acceptors (Lipinski definition) is 4. The molecule has 0 aliphatic carbocycles. The van der Waals surface area contributed by atoms with Gasteiger partial charge in [0, 0.05) is 16.5 Å². The van der Waals surface area contributed by atoms with Crippen LogP contribution >= 0.6 is 11.8 Å². The van der Waals surface area contributed by atoms with Gasteiger partial charge in [0.25, 0.3) is 0 Å². The Bertz CT molecular complexity index is 1140. The third kappa shape index (κ3) is 3.64. The van der Waals surface area contributed by atoms with Crippen molar-refractivity contribution in [3.05, 3.63) is 72.6 Å². The van der Waals surface area contributed by atoms with E-state index in [0.717, 1.165) is 32.4 Å². The normalized spacial score (nSPS) is 12.2. The van der Waals surface area contributed by atoms with Gasteiger partial charge in [0.2, 0.25) is 5.91 Å². The number of nitrogens with zero attached hydrogens (tertiary/aromatic N) is 2. The number of carbonyl (C=O) groups excluding carboxylic acids is 1. The fourth-order valence-corrected chi connectivity index (χ4v) is 4.02. The molecule has 0 fully saturated rings. The molecule has 0 saturated heterocycles. The van der Waals surface area contributed by atoms with Crippen LogP contribution in [0.4, 0.5) is 5.69 Å². The Labute approximate surface area is 162 Å². The van der Waals surface area contributed by atoms with E-state index in [9.17, 15) is 4.79 Å². The SMILES string of the molecule is Cc1nc(S[C@H](C)C(=O)Nc2cccc3ccccc23)c2ccccc2n1. The van der Waals surface area contributed by atoms with Crippen LogP contribution in [0.25, 0.3) is 21.7 Å². The zero-order chi connectivity index (χ0) is 18.8. The first kappa shape index (κ1) is 17.5. The Morgan fingerprint density at radius 1 is 0.926 bits per heavy atom. The highest BCUT2D eigenvalue weighted by Gasteiger charge is 2.18. The third-order valence-electron chi connectivity index (χ3n) is 4.39. The molecule has 0 saturated carbocycles. The zero-order valence-electron chi connectivity index (χ0n) is 15.1. The summed E-state index contributed by atoms with van der Waals surface area (Å²) in [4.78, 5) is 21.8. The molecule has 1 N–H and O–H groups in total. The fraction of sp³-hybridized carbons (Fsp3) is 0.136. The Kier molecular flexibility index (Phi) is 4.77. The van der Waals surface area contributed by atoms with E-state index >= 15 is 0 Å². The van der Waals surface area contributed by atoms with Crippen LogP contribution < -0.4 is 5.32 Å². The largest absolute Gasteiger partial charge is 0.325 e. The van der Waals surface area contributed by atoms with E-state index in [-0.39, 0.29) is 11.2 Å². The summed E-state index contributed by atoms with van der Waals surface area (Å²) in [5, 5.41) is 6.72. The smallest absolute Gasteiger partial charge is 0.237 e. The maximum atomic E-state index is 12.8. The number of amides is 1. The fourth-order valence-electron chi connectivity index (χ4n) is 3.04. The Morgan fingerprint density at radius 2 is 1.63 bits per heavy atom. The quantitative estimate of drug-likeness (QED) is 0.394. The molecular weight excluding hydrogens is 354 g/mol. The van der Waals surface area contributed by atoms with Crippen LogP contribution in [0.1, 0.15) is 12.7 Å². The molecule has 0 bridgehead atoms. The zero-order valence-corrected chi connectivity index (χ0v) is 16.0. The van der Waals surface area contributed by atoms with Gasteiger partial charge >= 0.3 is 0 Å². The number of aromatic nitrogens is 2. The van der Waals surface area contributed by atoms with Gasteiger partial charge in [-0.25, -0.2) is 9.97 Å². The van der Waals surface area contributed by atoms with E-state index in [1.807, 2.05) is 80.6 Å². The van der Waals surface area contributed by atoms with Gasteiger partial charge < -0.3 is 5.32 Å². The summed E-state index contributed by atoms with van der Waals surface area (Å²) in [6.07, 6.45) is 0. The number of fused-ring (bicyclic) bond motifs is 2. The summed E-state index contributed by atoms with van der Waals surface area (Å²) in [7, 11) is 0. The van der Waals surface area contributed by atoms with Gasteiger partial charge in [-0.15, -0.1) is 0 Å². The Hall–Kier alpha value is -2.92. The topological polar surface area (TPSA) is 54.9 Å². The van der Waals surface area contributed by atoms with Crippen LogP contribution in [0, 0.1) is 6.92 Å². The van der Waals surface area contributed by atoms with Crippen molar-refractivity contribution in [2.75, 3.05) is 5.32 Å². The summed E-state index contributed by atoms with van der Waals surface area (Å²) in [5.41, 5.74) is 1.73. The van der Waals surface area contributed by atoms with E-state index in [0.29, 0.717) is 5.82 Å². The number of thioether (sulfide) groups is 1. The first-order valence-electron chi connectivity index (χ1n) is 8.80. The van der Waals surface area contributed by atoms with Crippen LogP contribution in [0.5, 0.6) is 0 Å². The predicted octanol–water partition coefficient (Wildman–Crippen LogP) is 5.21. The number of para-hydroxylation sites is 1. The van der Waals surface area contributed by atoms with Crippen LogP contribution in [0.3, 0.4) is 0 Å². The number of nitrogens with one attached hydrogen (secondary N) is 1. The van der Waals surface area contributed by atoms with E-state index in [1.54, 1.807) is 0 Å². The molecule has 1 aromatic heterocycles. The minimum Gasteiger partial charge on any atom is -0.325 e. The van der Waals surface area contributed by atoms with Crippen molar-refractivity contribution in [3.63, 3.8) is 0 Å². The van der Waals surface area contributed by atoms with Crippen molar-refractivity contribution < 1.29 is 4.79 Å². The lowest BCUT2D eigenvalue weighted by Gasteiger charge is -2.14. The molecule has 4 rings (SSSR count). The van der Waals surface area contributed by atoms with Gasteiger partial charge in [0.05, 0.1) is 10.8 Å². The standard InChI is InChI=1S/C22H19N3OS/c1-14(27-22-18-11-5-6-12-20(18)23-15(2)24-22)21(26)25-19-13-7-9-16-8-3-4-10-17(16)19/h3-14H,1-2H3,(H,25,26)/t14-/m1/s1. The Morgan fingerprint density at radius 3 is 2.48 bits per heavy atom. The highest BCUT2D eigenvalue weighted by Crippen LogP contribution is 2.30. The summed E-state index contributed by atoms with van der Waals surface area (Å²) >= 11 is 1.46. The summed E-state index contributed by atoms with van der Waals surface area (Å²) in [6.45, 7) is 3.77. The summed E-state index contributed by atoms with van der Waals surface area (Å²) in [5.74, 6) is 0.662. The predicted molar refractivity (Wildman–Crippen MR) is 112 cm³/mol. The van der Waals surface area contributed by atoms with Gasteiger partial charge in [-0.1, -0.05) is 66.4 Å². The third-order valence-corrected chi connectivity index (χ3v) is 5.49. The summed E-state index contributed by atoms with van der Waals surface area (Å²) < 4.78 is 0. The minimum absolute atomic E-state index is 0.0447. The number of benzene rings is 3. The molecule has 4 aromatic rings. The summed E-state index contributed by atoms with van der Waals surface area (Å²) in [6, 6.07) is 21.8. The maximum absolute atomic E-state index is 12.8. The second kappa shape index (κ2) is 7.37. The van der Waals surface area contributed by atoms with E-state index < -0.39 is 0 Å². The number of carbonyl (C=O) groups is 1. The minimum atomic E-state index is -0.290. The van der Waals surface area contributed by atoms with E-state index in [2.05, 4.69) is 15.3 Å². The molecule has 27 heavy (non-hydrogen) atoms. The molecule has 1 amide bonds. The van der Waals surface area contributed by atoms with Crippen molar-refractivity contribution in [2.45, 2.75) is 24.1 Å².